The van der Waals surface area contributed by atoms with Crippen molar-refractivity contribution in [2.45, 2.75) is 6.92 Å². The summed E-state index contributed by atoms with van der Waals surface area (Å²) in [6.45, 7) is 3.68. The first-order valence-corrected chi connectivity index (χ1v) is 6.23. The normalized spacial score (nSPS) is 12.6. The summed E-state index contributed by atoms with van der Waals surface area (Å²) in [5, 5.41) is 9.25. The van der Waals surface area contributed by atoms with Crippen molar-refractivity contribution in [3.05, 3.63) is 35.4 Å². The Kier molecular flexibility index (Phi) is 3.68. The Bertz CT molecular complexity index is 429. The lowest BCUT2D eigenvalue weighted by molar-refractivity contribution is 0.596. The highest BCUT2D eigenvalue weighted by molar-refractivity contribution is 7.52. The maximum atomic E-state index is 11.3. The minimum Gasteiger partial charge on any atom is -0.322 e. The number of allylic oxidation sites excluding steroid dienone is 1. The molecule has 0 radical (unpaired) electrons. The molecule has 1 aromatic rings. The molecule has 0 bridgehead atoms. The quantitative estimate of drug-likeness (QED) is 0.549. The molecule has 2 nitrogen and oxygen atoms in total. The molecule has 3 heteroatoms. The molecule has 0 amide bonds. The third-order valence-corrected chi connectivity index (χ3v) is 2.96. The molecule has 0 fully saturated rings. The van der Waals surface area contributed by atoms with Crippen molar-refractivity contribution in [1.82, 2.24) is 0 Å². The largest absolute Gasteiger partial charge is 0.322 e. The molecule has 1 rings (SSSR count). The number of hydrogen-bond donors (Lipinski definition) is 0. The van der Waals surface area contributed by atoms with Crippen LogP contribution in [0.25, 0.3) is 6.08 Å². The molecule has 0 aliphatic rings. The zero-order chi connectivity index (χ0) is 10.6. The molecule has 1 atom stereocenters. The molecular formula is C11H12NOP. The average Bonchev–Trinajstić information content (AvgIpc) is 2.14. The van der Waals surface area contributed by atoms with Crippen LogP contribution >= 0.6 is 7.80 Å². The van der Waals surface area contributed by atoms with Gasteiger partial charge in [-0.25, -0.2) is 0 Å². The van der Waals surface area contributed by atoms with Crippen LogP contribution in [0.15, 0.2) is 24.3 Å². The van der Waals surface area contributed by atoms with Gasteiger partial charge in [0.15, 0.2) is 0 Å². The Morgan fingerprint density at radius 2 is 2.14 bits per heavy atom. The SMILES string of the molecule is Cc1cc(/C=C/C#N)cc([PH](C)=O)c1. The van der Waals surface area contributed by atoms with Crippen molar-refractivity contribution < 1.29 is 4.57 Å². The first-order chi connectivity index (χ1) is 6.63. The lowest BCUT2D eigenvalue weighted by Crippen LogP contribution is -1.97. The van der Waals surface area contributed by atoms with Crippen LogP contribution in [0.3, 0.4) is 0 Å². The summed E-state index contributed by atoms with van der Waals surface area (Å²) >= 11 is 0. The highest BCUT2D eigenvalue weighted by Crippen LogP contribution is 2.16. The standard InChI is InChI=1S/C11H12NOP/c1-9-6-10(4-3-5-12)8-11(7-9)14(2)13/h3-4,6-8,14H,1-2H3/b4-3+. The van der Waals surface area contributed by atoms with Crippen molar-refractivity contribution in [2.24, 2.45) is 0 Å². The Balaban J connectivity index is 3.15. The van der Waals surface area contributed by atoms with Crippen molar-refractivity contribution in [3.8, 4) is 6.07 Å². The van der Waals surface area contributed by atoms with E-state index in [0.29, 0.717) is 0 Å². The number of nitriles is 1. The summed E-state index contributed by atoms with van der Waals surface area (Å²) in [6, 6.07) is 7.68. The Hall–Kier alpha value is -1.32. The zero-order valence-electron chi connectivity index (χ0n) is 8.24. The molecule has 1 unspecified atom stereocenters. The van der Waals surface area contributed by atoms with Crippen molar-refractivity contribution in [3.63, 3.8) is 0 Å². The van der Waals surface area contributed by atoms with Crippen LogP contribution in [0.4, 0.5) is 0 Å². The lowest BCUT2D eigenvalue weighted by Gasteiger charge is -2.01. The van der Waals surface area contributed by atoms with E-state index in [2.05, 4.69) is 0 Å². The van der Waals surface area contributed by atoms with E-state index in [1.54, 1.807) is 12.7 Å². The monoisotopic (exact) mass is 205 g/mol. The number of benzene rings is 1. The van der Waals surface area contributed by atoms with Crippen molar-refractivity contribution in [2.75, 3.05) is 6.66 Å². The molecule has 0 saturated carbocycles. The minimum atomic E-state index is -1.65. The van der Waals surface area contributed by atoms with Gasteiger partial charge < -0.3 is 4.57 Å². The van der Waals surface area contributed by atoms with Gasteiger partial charge in [0, 0.05) is 11.4 Å². The first-order valence-electron chi connectivity index (χ1n) is 4.32. The molecule has 0 aromatic heterocycles. The van der Waals surface area contributed by atoms with Gasteiger partial charge in [0.25, 0.3) is 0 Å². The van der Waals surface area contributed by atoms with Crippen LogP contribution in [0.2, 0.25) is 0 Å². The van der Waals surface area contributed by atoms with Crippen LogP contribution < -0.4 is 5.30 Å². The molecule has 72 valence electrons. The maximum Gasteiger partial charge on any atom is 0.101 e. The van der Waals surface area contributed by atoms with Gasteiger partial charge in [-0.05, 0) is 42.9 Å². The van der Waals surface area contributed by atoms with E-state index < -0.39 is 7.80 Å². The molecule has 0 spiro atoms. The van der Waals surface area contributed by atoms with Gasteiger partial charge in [0.05, 0.1) is 6.07 Å². The fraction of sp³-hybridized carbons (Fsp3) is 0.182. The van der Waals surface area contributed by atoms with E-state index in [9.17, 15) is 4.57 Å². The van der Waals surface area contributed by atoms with E-state index in [4.69, 9.17) is 5.26 Å². The van der Waals surface area contributed by atoms with Gasteiger partial charge in [0.1, 0.15) is 7.80 Å². The molecule has 0 N–H and O–H groups in total. The van der Waals surface area contributed by atoms with Gasteiger partial charge in [-0.15, -0.1) is 0 Å². The second-order valence-corrected chi connectivity index (χ2v) is 4.84. The predicted octanol–water partition coefficient (Wildman–Crippen LogP) is 2.35. The first kappa shape index (κ1) is 10.8. The van der Waals surface area contributed by atoms with E-state index in [-0.39, 0.29) is 0 Å². The van der Waals surface area contributed by atoms with E-state index in [0.717, 1.165) is 16.4 Å². The summed E-state index contributed by atoms with van der Waals surface area (Å²) in [4.78, 5) is 0. The van der Waals surface area contributed by atoms with Crippen molar-refractivity contribution in [1.29, 1.82) is 5.26 Å². The summed E-state index contributed by atoms with van der Waals surface area (Å²) < 4.78 is 11.3. The molecule has 0 aliphatic carbocycles. The number of nitrogens with zero attached hydrogens (tertiary/aromatic N) is 1. The molecule has 0 saturated heterocycles. The molecule has 1 aromatic carbocycles. The summed E-state index contributed by atoms with van der Waals surface area (Å²) in [5.74, 6) is 0. The summed E-state index contributed by atoms with van der Waals surface area (Å²) in [5.41, 5.74) is 2.00. The average molecular weight is 205 g/mol. The van der Waals surface area contributed by atoms with Gasteiger partial charge in [-0.3, -0.25) is 0 Å². The highest BCUT2D eigenvalue weighted by atomic mass is 31.1. The Morgan fingerprint density at radius 1 is 1.43 bits per heavy atom. The molecule has 0 heterocycles. The number of hydrogen-bond acceptors (Lipinski definition) is 2. The van der Waals surface area contributed by atoms with Crippen LogP contribution in [-0.2, 0) is 4.57 Å². The third kappa shape index (κ3) is 2.87. The van der Waals surface area contributed by atoms with Gasteiger partial charge in [0.2, 0.25) is 0 Å². The van der Waals surface area contributed by atoms with E-state index in [1.807, 2.05) is 31.2 Å². The Labute approximate surface area is 84.7 Å². The minimum absolute atomic E-state index is 0.868. The fourth-order valence-corrected chi connectivity index (χ4v) is 2.05. The van der Waals surface area contributed by atoms with Crippen molar-refractivity contribution >= 4 is 19.2 Å². The maximum absolute atomic E-state index is 11.3. The summed E-state index contributed by atoms with van der Waals surface area (Å²) in [6.07, 6.45) is 3.15. The second-order valence-electron chi connectivity index (χ2n) is 3.15. The summed E-state index contributed by atoms with van der Waals surface area (Å²) in [7, 11) is -1.65. The van der Waals surface area contributed by atoms with Crippen LogP contribution in [0.5, 0.6) is 0 Å². The molecule has 0 aliphatic heterocycles. The van der Waals surface area contributed by atoms with Crippen LogP contribution in [0, 0.1) is 18.3 Å². The smallest absolute Gasteiger partial charge is 0.101 e. The Morgan fingerprint density at radius 3 is 2.71 bits per heavy atom. The fourth-order valence-electron chi connectivity index (χ4n) is 1.25. The molecular weight excluding hydrogens is 193 g/mol. The topological polar surface area (TPSA) is 40.9 Å². The van der Waals surface area contributed by atoms with Crippen LogP contribution in [-0.4, -0.2) is 6.66 Å². The van der Waals surface area contributed by atoms with Gasteiger partial charge in [-0.2, -0.15) is 5.26 Å². The second kappa shape index (κ2) is 4.79. The molecule has 14 heavy (non-hydrogen) atoms. The highest BCUT2D eigenvalue weighted by Gasteiger charge is 1.99. The number of rotatable bonds is 2. The predicted molar refractivity (Wildman–Crippen MR) is 60.4 cm³/mol. The van der Waals surface area contributed by atoms with E-state index in [1.165, 1.54) is 6.08 Å². The van der Waals surface area contributed by atoms with E-state index >= 15 is 0 Å². The zero-order valence-corrected chi connectivity index (χ0v) is 9.24. The van der Waals surface area contributed by atoms with Gasteiger partial charge >= 0.3 is 0 Å². The lowest BCUT2D eigenvalue weighted by atomic mass is 10.1. The number of aryl methyl sites for hydroxylation is 1. The third-order valence-electron chi connectivity index (χ3n) is 1.86. The van der Waals surface area contributed by atoms with Gasteiger partial charge in [-0.1, -0.05) is 6.07 Å². The van der Waals surface area contributed by atoms with Crippen LogP contribution in [0.1, 0.15) is 11.1 Å².